The van der Waals surface area contributed by atoms with Crippen LogP contribution in [0.1, 0.15) is 29.7 Å². The summed E-state index contributed by atoms with van der Waals surface area (Å²) < 4.78 is 20.8. The number of para-hydroxylation sites is 1. The van der Waals surface area contributed by atoms with Crippen LogP contribution in [0.2, 0.25) is 0 Å². The first-order valence-electron chi connectivity index (χ1n) is 9.01. The lowest BCUT2D eigenvalue weighted by Gasteiger charge is -2.13. The van der Waals surface area contributed by atoms with Crippen LogP contribution in [-0.4, -0.2) is 11.1 Å². The van der Waals surface area contributed by atoms with Gasteiger partial charge in [0.1, 0.15) is 18.2 Å². The number of halogens is 1. The third-order valence-electron chi connectivity index (χ3n) is 4.50. The fraction of sp³-hybridized carbons (Fsp3) is 0.174. The van der Waals surface area contributed by atoms with Gasteiger partial charge >= 0.3 is 5.97 Å². The first kappa shape index (κ1) is 19.6. The Balaban J connectivity index is 1.85. The standard InChI is InChI=1S/C23H22FNO3/c1-15(25)16-7-4-8-17(12-16)20-10-5-9-19(23(20)24)14-28-21-11-3-2-6-18(21)13-22(26)27/h2-12,15H,13-14,25H2,1H3,(H,26,27). The Kier molecular flexibility index (Phi) is 6.06. The number of benzene rings is 3. The summed E-state index contributed by atoms with van der Waals surface area (Å²) in [6, 6.07) is 19.4. The minimum Gasteiger partial charge on any atom is -0.488 e. The van der Waals surface area contributed by atoms with E-state index in [2.05, 4.69) is 0 Å². The molecule has 0 heterocycles. The van der Waals surface area contributed by atoms with Crippen LogP contribution >= 0.6 is 0 Å². The van der Waals surface area contributed by atoms with Crippen molar-refractivity contribution >= 4 is 5.97 Å². The molecule has 0 amide bonds. The van der Waals surface area contributed by atoms with Gasteiger partial charge in [-0.05, 0) is 30.2 Å². The molecule has 4 nitrogen and oxygen atoms in total. The Hall–Kier alpha value is -3.18. The number of aliphatic carboxylic acids is 1. The van der Waals surface area contributed by atoms with Crippen LogP contribution < -0.4 is 10.5 Å². The van der Waals surface area contributed by atoms with Gasteiger partial charge in [-0.1, -0.05) is 54.6 Å². The van der Waals surface area contributed by atoms with Crippen molar-refractivity contribution in [3.8, 4) is 16.9 Å². The third-order valence-corrected chi connectivity index (χ3v) is 4.50. The number of rotatable bonds is 7. The molecule has 3 aromatic carbocycles. The average molecular weight is 379 g/mol. The molecule has 3 aromatic rings. The molecule has 144 valence electrons. The Morgan fingerprint density at radius 2 is 1.79 bits per heavy atom. The first-order valence-corrected chi connectivity index (χ1v) is 9.01. The number of nitrogens with two attached hydrogens (primary N) is 1. The molecule has 0 radical (unpaired) electrons. The summed E-state index contributed by atoms with van der Waals surface area (Å²) in [7, 11) is 0. The maximum atomic E-state index is 15.1. The van der Waals surface area contributed by atoms with E-state index in [-0.39, 0.29) is 24.9 Å². The molecule has 0 fully saturated rings. The summed E-state index contributed by atoms with van der Waals surface area (Å²) in [4.78, 5) is 11.0. The van der Waals surface area contributed by atoms with Crippen LogP contribution in [0, 0.1) is 5.82 Å². The molecule has 3 N–H and O–H groups in total. The highest BCUT2D eigenvalue weighted by molar-refractivity contribution is 5.71. The number of ether oxygens (including phenoxy) is 1. The van der Waals surface area contributed by atoms with Crippen molar-refractivity contribution in [2.24, 2.45) is 5.73 Å². The second-order valence-electron chi connectivity index (χ2n) is 6.66. The van der Waals surface area contributed by atoms with Gasteiger partial charge in [-0.25, -0.2) is 4.39 Å². The average Bonchev–Trinajstić information content (AvgIpc) is 2.68. The molecule has 0 bridgehead atoms. The highest BCUT2D eigenvalue weighted by Gasteiger charge is 2.13. The molecular weight excluding hydrogens is 357 g/mol. The lowest BCUT2D eigenvalue weighted by atomic mass is 9.98. The second-order valence-corrected chi connectivity index (χ2v) is 6.66. The van der Waals surface area contributed by atoms with Crippen LogP contribution in [0.5, 0.6) is 5.75 Å². The summed E-state index contributed by atoms with van der Waals surface area (Å²) in [5, 5.41) is 9.02. The van der Waals surface area contributed by atoms with E-state index >= 15 is 4.39 Å². The molecule has 3 rings (SSSR count). The third kappa shape index (κ3) is 4.56. The summed E-state index contributed by atoms with van der Waals surface area (Å²) >= 11 is 0. The SMILES string of the molecule is CC(N)c1cccc(-c2cccc(COc3ccccc3CC(=O)O)c2F)c1. The molecule has 0 saturated heterocycles. The van der Waals surface area contributed by atoms with E-state index in [9.17, 15) is 4.79 Å². The molecule has 0 aromatic heterocycles. The van der Waals surface area contributed by atoms with E-state index < -0.39 is 5.97 Å². The Bertz CT molecular complexity index is 985. The molecule has 1 atom stereocenters. The minimum atomic E-state index is -0.946. The molecule has 0 aliphatic carbocycles. The molecule has 0 saturated carbocycles. The van der Waals surface area contributed by atoms with E-state index in [1.165, 1.54) is 0 Å². The van der Waals surface area contributed by atoms with Crippen molar-refractivity contribution in [3.05, 3.63) is 89.2 Å². The largest absolute Gasteiger partial charge is 0.488 e. The van der Waals surface area contributed by atoms with E-state index in [4.69, 9.17) is 15.6 Å². The topological polar surface area (TPSA) is 72.5 Å². The summed E-state index contributed by atoms with van der Waals surface area (Å²) in [5.41, 5.74) is 9.04. The lowest BCUT2D eigenvalue weighted by Crippen LogP contribution is -2.06. The normalized spacial score (nSPS) is 11.8. The van der Waals surface area contributed by atoms with E-state index in [0.29, 0.717) is 22.4 Å². The van der Waals surface area contributed by atoms with Crippen LogP contribution in [0.25, 0.3) is 11.1 Å². The molecular formula is C23H22FNO3. The molecule has 1 unspecified atom stereocenters. The molecule has 28 heavy (non-hydrogen) atoms. The number of hydrogen-bond donors (Lipinski definition) is 2. The van der Waals surface area contributed by atoms with E-state index in [1.54, 1.807) is 42.5 Å². The molecule has 0 spiro atoms. The summed E-state index contributed by atoms with van der Waals surface area (Å²) in [6.07, 6.45) is -0.150. The number of carboxylic acid groups (broad SMARTS) is 1. The number of carboxylic acids is 1. The van der Waals surface area contributed by atoms with Gasteiger partial charge in [0.15, 0.2) is 0 Å². The summed E-state index contributed by atoms with van der Waals surface area (Å²) in [6.45, 7) is 1.89. The van der Waals surface area contributed by atoms with E-state index in [1.807, 2.05) is 31.2 Å². The molecule has 0 aliphatic rings. The zero-order valence-electron chi connectivity index (χ0n) is 15.6. The Morgan fingerprint density at radius 1 is 1.07 bits per heavy atom. The Morgan fingerprint density at radius 3 is 2.54 bits per heavy atom. The smallest absolute Gasteiger partial charge is 0.307 e. The lowest BCUT2D eigenvalue weighted by molar-refractivity contribution is -0.136. The van der Waals surface area contributed by atoms with Gasteiger partial charge in [-0.3, -0.25) is 4.79 Å². The fourth-order valence-electron chi connectivity index (χ4n) is 3.01. The fourth-order valence-corrected chi connectivity index (χ4v) is 3.01. The van der Waals surface area contributed by atoms with Crippen LogP contribution in [0.4, 0.5) is 4.39 Å². The highest BCUT2D eigenvalue weighted by Crippen LogP contribution is 2.28. The predicted octanol–water partition coefficient (Wildman–Crippen LogP) is 4.72. The van der Waals surface area contributed by atoms with E-state index in [0.717, 1.165) is 11.1 Å². The van der Waals surface area contributed by atoms with Crippen molar-refractivity contribution in [1.82, 2.24) is 0 Å². The first-order chi connectivity index (χ1) is 13.5. The van der Waals surface area contributed by atoms with Crippen molar-refractivity contribution in [1.29, 1.82) is 0 Å². The summed E-state index contributed by atoms with van der Waals surface area (Å²) in [5.74, 6) is -0.869. The Labute approximate surface area is 163 Å². The predicted molar refractivity (Wildman–Crippen MR) is 107 cm³/mol. The van der Waals surface area contributed by atoms with Crippen molar-refractivity contribution in [2.45, 2.75) is 26.0 Å². The number of carbonyl (C=O) groups is 1. The molecule has 5 heteroatoms. The van der Waals surface area contributed by atoms with Gasteiger partial charge in [0.05, 0.1) is 6.42 Å². The van der Waals surface area contributed by atoms with Crippen molar-refractivity contribution in [3.63, 3.8) is 0 Å². The zero-order valence-corrected chi connectivity index (χ0v) is 15.6. The van der Waals surface area contributed by atoms with Crippen LogP contribution in [0.3, 0.4) is 0 Å². The maximum absolute atomic E-state index is 15.1. The van der Waals surface area contributed by atoms with Gasteiger partial charge in [-0.15, -0.1) is 0 Å². The highest BCUT2D eigenvalue weighted by atomic mass is 19.1. The van der Waals surface area contributed by atoms with Crippen molar-refractivity contribution < 1.29 is 19.0 Å². The van der Waals surface area contributed by atoms with Gasteiger partial charge in [0.25, 0.3) is 0 Å². The zero-order chi connectivity index (χ0) is 20.1. The van der Waals surface area contributed by atoms with Crippen molar-refractivity contribution in [2.75, 3.05) is 0 Å². The quantitative estimate of drug-likeness (QED) is 0.623. The van der Waals surface area contributed by atoms with Crippen LogP contribution in [0.15, 0.2) is 66.7 Å². The van der Waals surface area contributed by atoms with Gasteiger partial charge in [-0.2, -0.15) is 0 Å². The second kappa shape index (κ2) is 8.67. The maximum Gasteiger partial charge on any atom is 0.307 e. The monoisotopic (exact) mass is 379 g/mol. The van der Waals surface area contributed by atoms with Gasteiger partial charge in [0, 0.05) is 22.7 Å². The van der Waals surface area contributed by atoms with Gasteiger partial charge < -0.3 is 15.6 Å². The number of hydrogen-bond acceptors (Lipinski definition) is 3. The minimum absolute atomic E-state index is 0.00326. The van der Waals surface area contributed by atoms with Crippen LogP contribution in [-0.2, 0) is 17.8 Å². The molecule has 0 aliphatic heterocycles. The van der Waals surface area contributed by atoms with Gasteiger partial charge in [0.2, 0.25) is 0 Å².